The zero-order chi connectivity index (χ0) is 13.2. The highest BCUT2D eigenvalue weighted by atomic mass is 16.3. The molecule has 3 N–H and O–H groups in total. The lowest BCUT2D eigenvalue weighted by atomic mass is 9.92. The van der Waals surface area contributed by atoms with Crippen LogP contribution in [0.1, 0.15) is 36.2 Å². The van der Waals surface area contributed by atoms with Gasteiger partial charge in [-0.15, -0.1) is 0 Å². The van der Waals surface area contributed by atoms with Crippen LogP contribution in [0.15, 0.2) is 30.3 Å². The smallest absolute Gasteiger partial charge is 0.268 e. The minimum Gasteiger partial charge on any atom is -0.391 e. The van der Waals surface area contributed by atoms with Crippen LogP contribution < -0.4 is 5.32 Å². The Morgan fingerprint density at radius 1 is 1.26 bits per heavy atom. The highest BCUT2D eigenvalue weighted by molar-refractivity contribution is 5.98. The summed E-state index contributed by atoms with van der Waals surface area (Å²) in [5.41, 5.74) is 1.51. The summed E-state index contributed by atoms with van der Waals surface area (Å²) in [4.78, 5) is 15.3. The Labute approximate surface area is 111 Å². The summed E-state index contributed by atoms with van der Waals surface area (Å²) in [6, 6.07) is 9.53. The maximum absolute atomic E-state index is 12.2. The molecule has 4 heteroatoms. The van der Waals surface area contributed by atoms with E-state index in [1.807, 2.05) is 30.3 Å². The number of aliphatic hydroxyl groups is 1. The van der Waals surface area contributed by atoms with Crippen molar-refractivity contribution >= 4 is 16.8 Å². The van der Waals surface area contributed by atoms with Crippen LogP contribution in [-0.2, 0) is 0 Å². The van der Waals surface area contributed by atoms with Crippen LogP contribution >= 0.6 is 0 Å². The Balaban J connectivity index is 1.76. The molecular weight excluding hydrogens is 240 g/mol. The summed E-state index contributed by atoms with van der Waals surface area (Å²) in [5, 5.41) is 13.8. The van der Waals surface area contributed by atoms with Gasteiger partial charge in [0.05, 0.1) is 12.1 Å². The molecule has 0 bridgehead atoms. The van der Waals surface area contributed by atoms with Gasteiger partial charge >= 0.3 is 0 Å². The number of benzene rings is 1. The molecule has 1 aliphatic carbocycles. The maximum atomic E-state index is 12.2. The summed E-state index contributed by atoms with van der Waals surface area (Å²) >= 11 is 0. The number of carbonyl (C=O) groups excluding carboxylic acids is 1. The number of para-hydroxylation sites is 1. The van der Waals surface area contributed by atoms with E-state index in [1.165, 1.54) is 0 Å². The molecule has 0 saturated heterocycles. The van der Waals surface area contributed by atoms with Crippen LogP contribution in [0.25, 0.3) is 10.9 Å². The molecule has 2 aromatic rings. The van der Waals surface area contributed by atoms with Gasteiger partial charge in [-0.1, -0.05) is 31.0 Å². The van der Waals surface area contributed by atoms with E-state index in [0.717, 1.165) is 36.6 Å². The molecule has 0 radical (unpaired) electrons. The van der Waals surface area contributed by atoms with E-state index in [2.05, 4.69) is 10.3 Å². The number of H-pyrrole nitrogens is 1. The Morgan fingerprint density at radius 2 is 2.05 bits per heavy atom. The Hall–Kier alpha value is -1.81. The van der Waals surface area contributed by atoms with Gasteiger partial charge in [0.2, 0.25) is 0 Å². The van der Waals surface area contributed by atoms with Crippen molar-refractivity contribution < 1.29 is 9.90 Å². The van der Waals surface area contributed by atoms with Gasteiger partial charge in [0.1, 0.15) is 5.69 Å². The number of fused-ring (bicyclic) bond motifs is 1. The number of amides is 1. The fraction of sp³-hybridized carbons (Fsp3) is 0.400. The molecule has 0 unspecified atom stereocenters. The Kier molecular flexibility index (Phi) is 3.25. The lowest BCUT2D eigenvalue weighted by molar-refractivity contribution is 0.0714. The molecule has 0 aliphatic heterocycles. The second-order valence-corrected chi connectivity index (χ2v) is 5.20. The molecule has 1 heterocycles. The van der Waals surface area contributed by atoms with E-state index in [4.69, 9.17) is 0 Å². The predicted molar refractivity (Wildman–Crippen MR) is 74.0 cm³/mol. The van der Waals surface area contributed by atoms with Gasteiger partial charge in [0.15, 0.2) is 0 Å². The summed E-state index contributed by atoms with van der Waals surface area (Å²) in [5.74, 6) is -0.137. The van der Waals surface area contributed by atoms with Crippen molar-refractivity contribution in [3.05, 3.63) is 36.0 Å². The molecule has 19 heavy (non-hydrogen) atoms. The molecule has 2 atom stereocenters. The third-order valence-corrected chi connectivity index (χ3v) is 3.82. The first-order valence-corrected chi connectivity index (χ1v) is 6.81. The molecule has 1 aromatic carbocycles. The third-order valence-electron chi connectivity index (χ3n) is 3.82. The monoisotopic (exact) mass is 258 g/mol. The number of carbonyl (C=O) groups is 1. The molecule has 1 saturated carbocycles. The first kappa shape index (κ1) is 12.2. The van der Waals surface area contributed by atoms with E-state index >= 15 is 0 Å². The van der Waals surface area contributed by atoms with Crippen LogP contribution in [0.2, 0.25) is 0 Å². The van der Waals surface area contributed by atoms with Crippen LogP contribution in [0.3, 0.4) is 0 Å². The molecule has 1 aliphatic rings. The largest absolute Gasteiger partial charge is 0.391 e. The molecule has 0 spiro atoms. The molecule has 1 amide bonds. The van der Waals surface area contributed by atoms with E-state index in [9.17, 15) is 9.90 Å². The fourth-order valence-corrected chi connectivity index (χ4v) is 2.72. The molecule has 4 nitrogen and oxygen atoms in total. The number of aromatic nitrogens is 1. The zero-order valence-corrected chi connectivity index (χ0v) is 10.7. The van der Waals surface area contributed by atoms with Gasteiger partial charge in [0, 0.05) is 10.9 Å². The van der Waals surface area contributed by atoms with Gasteiger partial charge in [-0.3, -0.25) is 4.79 Å². The van der Waals surface area contributed by atoms with E-state index in [1.54, 1.807) is 0 Å². The van der Waals surface area contributed by atoms with Gasteiger partial charge in [-0.05, 0) is 25.0 Å². The average molecular weight is 258 g/mol. The minimum absolute atomic E-state index is 0.118. The topological polar surface area (TPSA) is 65.1 Å². The predicted octanol–water partition coefficient (Wildman–Crippen LogP) is 2.20. The lowest BCUT2D eigenvalue weighted by Crippen LogP contribution is -2.45. The van der Waals surface area contributed by atoms with Crippen molar-refractivity contribution in [3.8, 4) is 0 Å². The van der Waals surface area contributed by atoms with Crippen LogP contribution in [0, 0.1) is 0 Å². The van der Waals surface area contributed by atoms with Crippen LogP contribution in [0.5, 0.6) is 0 Å². The van der Waals surface area contributed by atoms with Gasteiger partial charge in [-0.2, -0.15) is 0 Å². The second kappa shape index (κ2) is 5.05. The minimum atomic E-state index is -0.415. The summed E-state index contributed by atoms with van der Waals surface area (Å²) < 4.78 is 0. The van der Waals surface area contributed by atoms with E-state index in [0.29, 0.717) is 5.69 Å². The van der Waals surface area contributed by atoms with Crippen LogP contribution in [0.4, 0.5) is 0 Å². The van der Waals surface area contributed by atoms with Crippen molar-refractivity contribution in [3.63, 3.8) is 0 Å². The van der Waals surface area contributed by atoms with Crippen LogP contribution in [-0.4, -0.2) is 28.1 Å². The summed E-state index contributed by atoms with van der Waals surface area (Å²) in [6.45, 7) is 0. The number of hydrogen-bond acceptors (Lipinski definition) is 2. The SMILES string of the molecule is O=C(N[C@H]1CCCC[C@H]1O)c1cc2ccccc2[nH]1. The summed E-state index contributed by atoms with van der Waals surface area (Å²) in [7, 11) is 0. The highest BCUT2D eigenvalue weighted by Crippen LogP contribution is 2.19. The quantitative estimate of drug-likeness (QED) is 0.773. The zero-order valence-electron chi connectivity index (χ0n) is 10.7. The van der Waals surface area contributed by atoms with E-state index in [-0.39, 0.29) is 11.9 Å². The maximum Gasteiger partial charge on any atom is 0.268 e. The first-order chi connectivity index (χ1) is 9.24. The van der Waals surface area contributed by atoms with E-state index < -0.39 is 6.10 Å². The van der Waals surface area contributed by atoms with Crippen molar-refractivity contribution in [2.75, 3.05) is 0 Å². The molecule has 1 aromatic heterocycles. The Morgan fingerprint density at radius 3 is 2.84 bits per heavy atom. The lowest BCUT2D eigenvalue weighted by Gasteiger charge is -2.28. The van der Waals surface area contributed by atoms with Crippen molar-refractivity contribution in [2.45, 2.75) is 37.8 Å². The number of aromatic amines is 1. The molecule has 100 valence electrons. The molecule has 1 fully saturated rings. The number of aliphatic hydroxyl groups excluding tert-OH is 1. The first-order valence-electron chi connectivity index (χ1n) is 6.81. The standard InChI is InChI=1S/C15H18N2O2/c18-14-8-4-3-7-12(14)17-15(19)13-9-10-5-1-2-6-11(10)16-13/h1-2,5-6,9,12,14,16,18H,3-4,7-8H2,(H,17,19)/t12-,14+/m0/s1. The van der Waals surface area contributed by atoms with Gasteiger partial charge in [0.25, 0.3) is 5.91 Å². The molecular formula is C15H18N2O2. The average Bonchev–Trinajstić information content (AvgIpc) is 2.85. The highest BCUT2D eigenvalue weighted by Gasteiger charge is 2.25. The van der Waals surface area contributed by atoms with Gasteiger partial charge < -0.3 is 15.4 Å². The van der Waals surface area contributed by atoms with Crippen molar-refractivity contribution in [2.24, 2.45) is 0 Å². The van der Waals surface area contributed by atoms with Gasteiger partial charge in [-0.25, -0.2) is 0 Å². The number of hydrogen-bond donors (Lipinski definition) is 3. The molecule has 3 rings (SSSR count). The fourth-order valence-electron chi connectivity index (χ4n) is 2.72. The second-order valence-electron chi connectivity index (χ2n) is 5.20. The normalized spacial score (nSPS) is 23.4. The third kappa shape index (κ3) is 2.49. The summed E-state index contributed by atoms with van der Waals surface area (Å²) in [6.07, 6.45) is 3.32. The number of nitrogens with one attached hydrogen (secondary N) is 2. The van der Waals surface area contributed by atoms with Crippen molar-refractivity contribution in [1.29, 1.82) is 0 Å². The Bertz CT molecular complexity index is 558. The number of rotatable bonds is 2. The van der Waals surface area contributed by atoms with Crippen molar-refractivity contribution in [1.82, 2.24) is 10.3 Å².